The van der Waals surface area contributed by atoms with Crippen LogP contribution in [0.4, 0.5) is 0 Å². The van der Waals surface area contributed by atoms with E-state index < -0.39 is 5.97 Å². The van der Waals surface area contributed by atoms with Gasteiger partial charge in [-0.25, -0.2) is 4.79 Å². The average Bonchev–Trinajstić information content (AvgIpc) is 2.72. The summed E-state index contributed by atoms with van der Waals surface area (Å²) in [6.07, 6.45) is 0. The Morgan fingerprint density at radius 1 is 1.59 bits per heavy atom. The Labute approximate surface area is 100 Å². The van der Waals surface area contributed by atoms with Gasteiger partial charge in [0.2, 0.25) is 5.76 Å². The van der Waals surface area contributed by atoms with Crippen LogP contribution in [0.1, 0.15) is 30.2 Å². The Bertz CT molecular complexity index is 402. The van der Waals surface area contributed by atoms with Gasteiger partial charge in [0.1, 0.15) is 5.76 Å². The smallest absolute Gasteiger partial charge is 0.371 e. The maximum Gasteiger partial charge on any atom is 0.371 e. The molecule has 1 saturated heterocycles. The number of nitrogens with one attached hydrogen (secondary N) is 1. The minimum absolute atomic E-state index is 0.0100. The molecule has 94 valence electrons. The first-order valence-corrected chi connectivity index (χ1v) is 5.85. The van der Waals surface area contributed by atoms with Gasteiger partial charge in [-0.05, 0) is 26.0 Å². The molecule has 5 nitrogen and oxygen atoms in total. The molecule has 1 aromatic heterocycles. The molecular weight excluding hydrogens is 220 g/mol. The highest BCUT2D eigenvalue weighted by molar-refractivity contribution is 5.84. The molecule has 1 aliphatic heterocycles. The zero-order valence-corrected chi connectivity index (χ0v) is 10.1. The second-order valence-corrected chi connectivity index (χ2v) is 4.66. The van der Waals surface area contributed by atoms with Gasteiger partial charge in [-0.15, -0.1) is 0 Å². The lowest BCUT2D eigenvalue weighted by molar-refractivity contribution is 0.0655. The molecule has 2 rings (SSSR count). The van der Waals surface area contributed by atoms with E-state index in [0.717, 1.165) is 13.1 Å². The van der Waals surface area contributed by atoms with Crippen molar-refractivity contribution in [3.8, 4) is 0 Å². The molecule has 0 bridgehead atoms. The lowest BCUT2D eigenvalue weighted by atomic mass is 10.1. The van der Waals surface area contributed by atoms with E-state index in [4.69, 9.17) is 9.52 Å². The molecule has 2 N–H and O–H groups in total. The van der Waals surface area contributed by atoms with Crippen LogP contribution in [0.3, 0.4) is 0 Å². The second kappa shape index (κ2) is 4.89. The van der Waals surface area contributed by atoms with Gasteiger partial charge < -0.3 is 14.8 Å². The minimum Gasteiger partial charge on any atom is -0.475 e. The van der Waals surface area contributed by atoms with Gasteiger partial charge in [0.25, 0.3) is 0 Å². The summed E-state index contributed by atoms with van der Waals surface area (Å²) in [5, 5.41) is 12.2. The van der Waals surface area contributed by atoms with E-state index in [0.29, 0.717) is 24.4 Å². The van der Waals surface area contributed by atoms with Crippen molar-refractivity contribution < 1.29 is 14.3 Å². The number of furan rings is 1. The highest BCUT2D eigenvalue weighted by Gasteiger charge is 2.23. The molecule has 0 radical (unpaired) electrons. The molecule has 0 saturated carbocycles. The Morgan fingerprint density at radius 3 is 3.00 bits per heavy atom. The third-order valence-electron chi connectivity index (χ3n) is 3.12. The fraction of sp³-hybridized carbons (Fsp3) is 0.583. The number of carbonyl (C=O) groups is 1. The molecular formula is C12H18N2O3. The van der Waals surface area contributed by atoms with E-state index >= 15 is 0 Å². The van der Waals surface area contributed by atoms with Crippen LogP contribution in [-0.2, 0) is 6.54 Å². The van der Waals surface area contributed by atoms with Crippen LogP contribution in [0.25, 0.3) is 0 Å². The summed E-state index contributed by atoms with van der Waals surface area (Å²) in [5.41, 5.74) is 0. The third-order valence-corrected chi connectivity index (χ3v) is 3.12. The first kappa shape index (κ1) is 12.1. The molecule has 17 heavy (non-hydrogen) atoms. The summed E-state index contributed by atoms with van der Waals surface area (Å²) < 4.78 is 5.27. The van der Waals surface area contributed by atoms with Gasteiger partial charge in [-0.2, -0.15) is 0 Å². The standard InChI is InChI=1S/C12H18N2O3/c1-8-6-14(9(2)5-13-8)7-10-3-4-11(17-10)12(15)16/h3-4,8-9,13H,5-7H2,1-2H3,(H,15,16). The van der Waals surface area contributed by atoms with Crippen molar-refractivity contribution in [1.29, 1.82) is 0 Å². The van der Waals surface area contributed by atoms with Gasteiger partial charge in [0, 0.05) is 25.2 Å². The van der Waals surface area contributed by atoms with Crippen molar-refractivity contribution in [2.24, 2.45) is 0 Å². The molecule has 5 heteroatoms. The quantitative estimate of drug-likeness (QED) is 0.827. The summed E-state index contributed by atoms with van der Waals surface area (Å²) in [7, 11) is 0. The highest BCUT2D eigenvalue weighted by atomic mass is 16.4. The van der Waals surface area contributed by atoms with E-state index in [2.05, 4.69) is 24.1 Å². The normalized spacial score (nSPS) is 26.0. The molecule has 2 unspecified atom stereocenters. The molecule has 0 amide bonds. The lowest BCUT2D eigenvalue weighted by Crippen LogP contribution is -2.53. The number of rotatable bonds is 3. The van der Waals surface area contributed by atoms with Crippen molar-refractivity contribution >= 4 is 5.97 Å². The summed E-state index contributed by atoms with van der Waals surface area (Å²) in [4.78, 5) is 13.0. The van der Waals surface area contributed by atoms with Crippen LogP contribution in [0.5, 0.6) is 0 Å². The second-order valence-electron chi connectivity index (χ2n) is 4.66. The monoisotopic (exact) mass is 238 g/mol. The van der Waals surface area contributed by atoms with Gasteiger partial charge in [-0.3, -0.25) is 4.90 Å². The first-order valence-electron chi connectivity index (χ1n) is 5.85. The Hall–Kier alpha value is -1.33. The van der Waals surface area contributed by atoms with Gasteiger partial charge in [0.05, 0.1) is 6.54 Å². The number of hydrogen-bond acceptors (Lipinski definition) is 4. The van der Waals surface area contributed by atoms with Crippen molar-refractivity contribution in [2.75, 3.05) is 13.1 Å². The third kappa shape index (κ3) is 2.87. The fourth-order valence-electron chi connectivity index (χ4n) is 2.10. The van der Waals surface area contributed by atoms with Gasteiger partial charge in [0.15, 0.2) is 0 Å². The van der Waals surface area contributed by atoms with Crippen LogP contribution in [0, 0.1) is 0 Å². The van der Waals surface area contributed by atoms with E-state index in [1.807, 2.05) is 0 Å². The summed E-state index contributed by atoms with van der Waals surface area (Å²) >= 11 is 0. The number of aromatic carboxylic acids is 1. The molecule has 1 aromatic rings. The SMILES string of the molecule is CC1CN(Cc2ccc(C(=O)O)o2)C(C)CN1. The van der Waals surface area contributed by atoms with Crippen LogP contribution < -0.4 is 5.32 Å². The molecule has 1 aliphatic rings. The highest BCUT2D eigenvalue weighted by Crippen LogP contribution is 2.15. The molecule has 0 spiro atoms. The van der Waals surface area contributed by atoms with Crippen molar-refractivity contribution in [1.82, 2.24) is 10.2 Å². The molecule has 2 atom stereocenters. The zero-order valence-electron chi connectivity index (χ0n) is 10.1. The summed E-state index contributed by atoms with van der Waals surface area (Å²) in [6.45, 7) is 6.86. The maximum absolute atomic E-state index is 10.7. The van der Waals surface area contributed by atoms with Gasteiger partial charge in [-0.1, -0.05) is 0 Å². The van der Waals surface area contributed by atoms with Crippen LogP contribution >= 0.6 is 0 Å². The van der Waals surface area contributed by atoms with E-state index in [9.17, 15) is 4.79 Å². The zero-order chi connectivity index (χ0) is 12.4. The van der Waals surface area contributed by atoms with Crippen molar-refractivity contribution in [2.45, 2.75) is 32.5 Å². The number of carboxylic acid groups (broad SMARTS) is 1. The lowest BCUT2D eigenvalue weighted by Gasteiger charge is -2.36. The van der Waals surface area contributed by atoms with E-state index in [1.54, 1.807) is 6.07 Å². The topological polar surface area (TPSA) is 65.7 Å². The molecule has 0 aromatic carbocycles. The largest absolute Gasteiger partial charge is 0.475 e. The Morgan fingerprint density at radius 2 is 2.35 bits per heavy atom. The Balaban J connectivity index is 2.01. The number of hydrogen-bond donors (Lipinski definition) is 2. The first-order chi connectivity index (χ1) is 8.06. The van der Waals surface area contributed by atoms with Crippen LogP contribution in [0.15, 0.2) is 16.5 Å². The predicted molar refractivity (Wildman–Crippen MR) is 63.0 cm³/mol. The number of carboxylic acids is 1. The minimum atomic E-state index is -1.02. The predicted octanol–water partition coefficient (Wildman–Crippen LogP) is 1.16. The van der Waals surface area contributed by atoms with Crippen LogP contribution in [-0.4, -0.2) is 41.1 Å². The van der Waals surface area contributed by atoms with Gasteiger partial charge >= 0.3 is 5.97 Å². The summed E-state index contributed by atoms with van der Waals surface area (Å²) in [6, 6.07) is 4.14. The number of piperazine rings is 1. The van der Waals surface area contributed by atoms with E-state index in [-0.39, 0.29) is 5.76 Å². The fourth-order valence-corrected chi connectivity index (χ4v) is 2.10. The molecule has 2 heterocycles. The number of nitrogens with zero attached hydrogens (tertiary/aromatic N) is 1. The summed E-state index contributed by atoms with van der Waals surface area (Å²) in [5.74, 6) is -0.294. The molecule has 0 aliphatic carbocycles. The average molecular weight is 238 g/mol. The van der Waals surface area contributed by atoms with Crippen molar-refractivity contribution in [3.05, 3.63) is 23.7 Å². The van der Waals surface area contributed by atoms with Crippen LogP contribution in [0.2, 0.25) is 0 Å². The molecule has 1 fully saturated rings. The maximum atomic E-state index is 10.7. The van der Waals surface area contributed by atoms with Crippen molar-refractivity contribution in [3.63, 3.8) is 0 Å². The Kier molecular flexibility index (Phi) is 3.49. The van der Waals surface area contributed by atoms with E-state index in [1.165, 1.54) is 6.07 Å².